The average Bonchev–Trinajstić information content (AvgIpc) is 2.28. The van der Waals surface area contributed by atoms with Crippen LogP contribution in [0.3, 0.4) is 0 Å². The third kappa shape index (κ3) is 2.61. The Hall–Kier alpha value is -0.900. The van der Waals surface area contributed by atoms with Crippen molar-refractivity contribution in [2.24, 2.45) is 0 Å². The van der Waals surface area contributed by atoms with Crippen molar-refractivity contribution >= 4 is 0 Å². The van der Waals surface area contributed by atoms with Gasteiger partial charge >= 0.3 is 0 Å². The fraction of sp³-hybridized carbons (Fsp3) is 0.538. The lowest BCUT2D eigenvalue weighted by Crippen LogP contribution is -2.37. The lowest BCUT2D eigenvalue weighted by molar-refractivity contribution is 0.0551. The molecular weight excluding hydrogens is 202 g/mol. The van der Waals surface area contributed by atoms with E-state index in [0.717, 1.165) is 19.5 Å². The smallest absolute Gasteiger partial charge is 0.0897 e. The molecule has 1 atom stereocenters. The van der Waals surface area contributed by atoms with E-state index in [2.05, 4.69) is 30.0 Å². The molecule has 0 bridgehead atoms. The van der Waals surface area contributed by atoms with Crippen LogP contribution < -0.4 is 0 Å². The molecule has 88 valence electrons. The first-order valence-corrected chi connectivity index (χ1v) is 5.78. The number of β-amino-alcohol motifs (C(OH)–C–C–N with tert-alkyl or cyclic N) is 1. The molecule has 0 radical (unpaired) electrons. The van der Waals surface area contributed by atoms with Crippen molar-refractivity contribution in [1.29, 1.82) is 0 Å². The molecule has 16 heavy (non-hydrogen) atoms. The van der Waals surface area contributed by atoms with Crippen LogP contribution in [0.25, 0.3) is 0 Å². The summed E-state index contributed by atoms with van der Waals surface area (Å²) >= 11 is 0. The Morgan fingerprint density at radius 3 is 2.94 bits per heavy atom. The molecule has 1 heterocycles. The van der Waals surface area contributed by atoms with Gasteiger partial charge in [-0.3, -0.25) is 4.90 Å². The van der Waals surface area contributed by atoms with Crippen LogP contribution in [0, 0.1) is 6.92 Å². The van der Waals surface area contributed by atoms with Crippen LogP contribution >= 0.6 is 0 Å². The highest BCUT2D eigenvalue weighted by Crippen LogP contribution is 2.20. The van der Waals surface area contributed by atoms with Crippen molar-refractivity contribution in [3.63, 3.8) is 0 Å². The Morgan fingerprint density at radius 2 is 2.19 bits per heavy atom. The van der Waals surface area contributed by atoms with Gasteiger partial charge in [0.2, 0.25) is 0 Å². The summed E-state index contributed by atoms with van der Waals surface area (Å²) < 4.78 is 0. The lowest BCUT2D eigenvalue weighted by atomic mass is 9.97. The number of aliphatic hydroxyl groups is 2. The lowest BCUT2D eigenvalue weighted by Gasteiger charge is -2.30. The Morgan fingerprint density at radius 1 is 1.38 bits per heavy atom. The van der Waals surface area contributed by atoms with E-state index in [-0.39, 0.29) is 6.61 Å². The first-order chi connectivity index (χ1) is 7.69. The van der Waals surface area contributed by atoms with Crippen LogP contribution in [0.2, 0.25) is 0 Å². The van der Waals surface area contributed by atoms with Crippen molar-refractivity contribution in [1.82, 2.24) is 4.90 Å². The van der Waals surface area contributed by atoms with Gasteiger partial charge in [-0.25, -0.2) is 0 Å². The van der Waals surface area contributed by atoms with E-state index in [1.165, 1.54) is 16.7 Å². The maximum atomic E-state index is 9.42. The van der Waals surface area contributed by atoms with E-state index in [0.29, 0.717) is 6.54 Å². The summed E-state index contributed by atoms with van der Waals surface area (Å²) in [5.41, 5.74) is 4.06. The highest BCUT2D eigenvalue weighted by molar-refractivity contribution is 5.33. The number of rotatable bonds is 3. The molecule has 0 amide bonds. The molecule has 3 heteroatoms. The second-order valence-corrected chi connectivity index (χ2v) is 4.59. The minimum Gasteiger partial charge on any atom is -0.394 e. The molecule has 2 N–H and O–H groups in total. The third-order valence-corrected chi connectivity index (χ3v) is 3.13. The molecule has 1 aromatic carbocycles. The van der Waals surface area contributed by atoms with Gasteiger partial charge in [0.25, 0.3) is 0 Å². The molecular formula is C13H19NO2. The largest absolute Gasteiger partial charge is 0.394 e. The maximum Gasteiger partial charge on any atom is 0.0897 e. The SMILES string of the molecule is Cc1ccc2c(c1)CN(CC(O)CO)CC2. The Labute approximate surface area is 96.3 Å². The minimum absolute atomic E-state index is 0.156. The molecule has 0 saturated heterocycles. The monoisotopic (exact) mass is 221 g/mol. The Kier molecular flexibility index (Phi) is 3.59. The van der Waals surface area contributed by atoms with Gasteiger partial charge in [-0.05, 0) is 24.5 Å². The normalized spacial score (nSPS) is 18.2. The van der Waals surface area contributed by atoms with Gasteiger partial charge in [0.15, 0.2) is 0 Å². The fourth-order valence-corrected chi connectivity index (χ4v) is 2.26. The van der Waals surface area contributed by atoms with Gasteiger partial charge in [0.1, 0.15) is 0 Å². The molecule has 3 nitrogen and oxygen atoms in total. The fourth-order valence-electron chi connectivity index (χ4n) is 2.26. The van der Waals surface area contributed by atoms with Crippen molar-refractivity contribution in [3.05, 3.63) is 34.9 Å². The summed E-state index contributed by atoms with van der Waals surface area (Å²) in [7, 11) is 0. The van der Waals surface area contributed by atoms with Gasteiger partial charge in [0, 0.05) is 19.6 Å². The van der Waals surface area contributed by atoms with Crippen LogP contribution in [0.5, 0.6) is 0 Å². The number of aliphatic hydroxyl groups excluding tert-OH is 2. The molecule has 1 aliphatic rings. The molecule has 1 aromatic rings. The van der Waals surface area contributed by atoms with E-state index in [9.17, 15) is 5.11 Å². The summed E-state index contributed by atoms with van der Waals surface area (Å²) in [6.45, 7) is 4.35. The zero-order valence-electron chi connectivity index (χ0n) is 9.69. The third-order valence-electron chi connectivity index (χ3n) is 3.13. The van der Waals surface area contributed by atoms with Gasteiger partial charge < -0.3 is 10.2 Å². The second kappa shape index (κ2) is 4.95. The van der Waals surface area contributed by atoms with Crippen molar-refractivity contribution in [2.75, 3.05) is 19.7 Å². The number of hydrogen-bond donors (Lipinski definition) is 2. The van der Waals surface area contributed by atoms with Crippen LogP contribution in [0.1, 0.15) is 16.7 Å². The number of fused-ring (bicyclic) bond motifs is 1. The first kappa shape index (κ1) is 11.6. The number of nitrogens with zero attached hydrogens (tertiary/aromatic N) is 1. The van der Waals surface area contributed by atoms with Gasteiger partial charge in [-0.15, -0.1) is 0 Å². The topological polar surface area (TPSA) is 43.7 Å². The van der Waals surface area contributed by atoms with Gasteiger partial charge in [-0.1, -0.05) is 23.8 Å². The molecule has 0 aromatic heterocycles. The minimum atomic E-state index is -0.619. The molecule has 1 unspecified atom stereocenters. The Bertz CT molecular complexity index is 365. The highest BCUT2D eigenvalue weighted by atomic mass is 16.3. The maximum absolute atomic E-state index is 9.42. The zero-order chi connectivity index (χ0) is 11.5. The Balaban J connectivity index is 2.05. The van der Waals surface area contributed by atoms with Crippen molar-refractivity contribution in [2.45, 2.75) is 26.0 Å². The zero-order valence-corrected chi connectivity index (χ0v) is 9.69. The van der Waals surface area contributed by atoms with E-state index >= 15 is 0 Å². The van der Waals surface area contributed by atoms with Crippen LogP contribution in [0.15, 0.2) is 18.2 Å². The van der Waals surface area contributed by atoms with Gasteiger partial charge in [-0.2, -0.15) is 0 Å². The summed E-state index contributed by atoms with van der Waals surface area (Å²) in [5.74, 6) is 0. The van der Waals surface area contributed by atoms with E-state index < -0.39 is 6.10 Å². The summed E-state index contributed by atoms with van der Waals surface area (Å²) in [4.78, 5) is 2.20. The van der Waals surface area contributed by atoms with E-state index in [4.69, 9.17) is 5.11 Å². The summed E-state index contributed by atoms with van der Waals surface area (Å²) in [6.07, 6.45) is 0.416. The van der Waals surface area contributed by atoms with Crippen molar-refractivity contribution in [3.8, 4) is 0 Å². The van der Waals surface area contributed by atoms with Crippen LogP contribution in [-0.2, 0) is 13.0 Å². The molecule has 0 saturated carbocycles. The average molecular weight is 221 g/mol. The molecule has 0 spiro atoms. The summed E-state index contributed by atoms with van der Waals surface area (Å²) in [5, 5.41) is 18.2. The predicted molar refractivity (Wildman–Crippen MR) is 63.3 cm³/mol. The number of aryl methyl sites for hydroxylation is 1. The van der Waals surface area contributed by atoms with Crippen molar-refractivity contribution < 1.29 is 10.2 Å². The molecule has 2 rings (SSSR count). The molecule has 0 fully saturated rings. The quantitative estimate of drug-likeness (QED) is 0.790. The first-order valence-electron chi connectivity index (χ1n) is 5.78. The highest BCUT2D eigenvalue weighted by Gasteiger charge is 2.18. The van der Waals surface area contributed by atoms with Crippen LogP contribution in [-0.4, -0.2) is 40.9 Å². The van der Waals surface area contributed by atoms with Gasteiger partial charge in [0.05, 0.1) is 12.7 Å². The number of hydrogen-bond acceptors (Lipinski definition) is 3. The molecule has 0 aliphatic carbocycles. The second-order valence-electron chi connectivity index (χ2n) is 4.59. The molecule has 1 aliphatic heterocycles. The standard InChI is InChI=1S/C13H19NO2/c1-10-2-3-11-4-5-14(7-12(11)6-10)8-13(16)9-15/h2-3,6,13,15-16H,4-5,7-9H2,1H3. The summed E-state index contributed by atoms with van der Waals surface area (Å²) in [6, 6.07) is 6.56. The van der Waals surface area contributed by atoms with E-state index in [1.807, 2.05) is 0 Å². The van der Waals surface area contributed by atoms with Crippen LogP contribution in [0.4, 0.5) is 0 Å². The van der Waals surface area contributed by atoms with E-state index in [1.54, 1.807) is 0 Å². The predicted octanol–water partition coefficient (Wildman–Crippen LogP) is 0.706. The number of benzene rings is 1.